The van der Waals surface area contributed by atoms with Crippen molar-refractivity contribution in [3.8, 4) is 44.5 Å². The second-order valence-electron chi connectivity index (χ2n) is 21.9. The third kappa shape index (κ3) is 4.97. The number of hydrogen-bond donors (Lipinski definition) is 0. The fourth-order valence-corrected chi connectivity index (χ4v) is 15.6. The summed E-state index contributed by atoms with van der Waals surface area (Å²) in [6.07, 6.45) is 7.96. The van der Waals surface area contributed by atoms with Crippen LogP contribution in [0.25, 0.3) is 44.5 Å². The van der Waals surface area contributed by atoms with Crippen LogP contribution in [-0.4, -0.2) is 0 Å². The van der Waals surface area contributed by atoms with Crippen molar-refractivity contribution in [1.29, 1.82) is 0 Å². The molecule has 0 aromatic heterocycles. The Hall–Kier alpha value is -6.44. The van der Waals surface area contributed by atoms with E-state index in [1.54, 1.807) is 11.1 Å². The molecule has 1 unspecified atom stereocenters. The topological polar surface area (TPSA) is 3.24 Å². The minimum atomic E-state index is -0.435. The molecule has 0 aliphatic heterocycles. The van der Waals surface area contributed by atoms with Crippen LogP contribution in [0.5, 0.6) is 0 Å². The van der Waals surface area contributed by atoms with E-state index in [1.165, 1.54) is 127 Å². The minimum absolute atomic E-state index is 0.0534. The van der Waals surface area contributed by atoms with Gasteiger partial charge in [-0.05, 0) is 170 Å². The minimum Gasteiger partial charge on any atom is -0.309 e. The first kappa shape index (κ1) is 38.8. The van der Waals surface area contributed by atoms with Crippen molar-refractivity contribution in [3.05, 3.63) is 220 Å². The van der Waals surface area contributed by atoms with Crippen molar-refractivity contribution in [2.24, 2.45) is 23.7 Å². The van der Waals surface area contributed by atoms with E-state index in [9.17, 15) is 0 Å². The molecule has 1 heteroatoms. The molecule has 0 N–H and O–H groups in total. The lowest BCUT2D eigenvalue weighted by molar-refractivity contribution is -0.0399. The number of aryl methyl sites for hydroxylation is 1. The molecule has 0 radical (unpaired) electrons. The number of fused-ring (bicyclic) bond motifs is 13. The lowest BCUT2D eigenvalue weighted by Crippen LogP contribution is -2.55. The van der Waals surface area contributed by atoms with Crippen molar-refractivity contribution in [1.82, 2.24) is 0 Å². The number of hydrogen-bond acceptors (Lipinski definition) is 1. The van der Waals surface area contributed by atoms with Crippen LogP contribution in [-0.2, 0) is 22.7 Å². The largest absolute Gasteiger partial charge is 0.309 e. The molecular formula is C65H57N. The summed E-state index contributed by atoms with van der Waals surface area (Å²) in [7, 11) is 0. The number of nitrogens with zero attached hydrogens (tertiary/aromatic N) is 1. The van der Waals surface area contributed by atoms with E-state index >= 15 is 0 Å². The Balaban J connectivity index is 1.06. The van der Waals surface area contributed by atoms with E-state index in [0.717, 1.165) is 18.3 Å². The van der Waals surface area contributed by atoms with Crippen molar-refractivity contribution in [3.63, 3.8) is 0 Å². The van der Waals surface area contributed by atoms with Crippen LogP contribution in [0.15, 0.2) is 176 Å². The molecule has 8 aromatic rings. The highest BCUT2D eigenvalue weighted by molar-refractivity contribution is 6.01. The number of benzene rings is 8. The molecule has 0 saturated heterocycles. The molecule has 4 fully saturated rings. The average Bonchev–Trinajstić information content (AvgIpc) is 3.93. The van der Waals surface area contributed by atoms with Gasteiger partial charge in [-0.15, -0.1) is 0 Å². The van der Waals surface area contributed by atoms with Crippen LogP contribution in [0, 0.1) is 23.7 Å². The van der Waals surface area contributed by atoms with Gasteiger partial charge in [-0.2, -0.15) is 0 Å². The highest BCUT2D eigenvalue weighted by atomic mass is 15.1. The van der Waals surface area contributed by atoms with Gasteiger partial charge in [0.05, 0.1) is 16.8 Å². The molecule has 1 nitrogen and oxygen atoms in total. The van der Waals surface area contributed by atoms with Crippen molar-refractivity contribution in [2.45, 2.75) is 82.5 Å². The predicted molar refractivity (Wildman–Crippen MR) is 274 cm³/mol. The maximum atomic E-state index is 2.66. The van der Waals surface area contributed by atoms with Crippen LogP contribution in [0.4, 0.5) is 17.1 Å². The van der Waals surface area contributed by atoms with E-state index in [4.69, 9.17) is 0 Å². The van der Waals surface area contributed by atoms with Gasteiger partial charge < -0.3 is 4.90 Å². The van der Waals surface area contributed by atoms with E-state index < -0.39 is 5.41 Å². The Morgan fingerprint density at radius 3 is 1.83 bits per heavy atom. The van der Waals surface area contributed by atoms with Gasteiger partial charge >= 0.3 is 0 Å². The second-order valence-corrected chi connectivity index (χ2v) is 21.9. The van der Waals surface area contributed by atoms with Gasteiger partial charge in [0.2, 0.25) is 0 Å². The van der Waals surface area contributed by atoms with Crippen molar-refractivity contribution < 1.29 is 0 Å². The SMILES string of the molecule is CCc1ccc2c(c1)C1(c3ccccc3-c3cc(N(c4ccccc4-c4ccccc4)c4cccc5c4-c4ccccc4C54C5CC6CC(C5)CC4C6)ccc31)c1c-2cccc1C(C)(C)C. The average molecular weight is 852 g/mol. The summed E-state index contributed by atoms with van der Waals surface area (Å²) in [5, 5.41) is 0. The predicted octanol–water partition coefficient (Wildman–Crippen LogP) is 16.7. The fraction of sp³-hybridized carbons (Fsp3) is 0.262. The Labute approximate surface area is 391 Å². The zero-order valence-electron chi connectivity index (χ0n) is 38.7. The van der Waals surface area contributed by atoms with Gasteiger partial charge in [0.25, 0.3) is 0 Å². The quantitative estimate of drug-likeness (QED) is 0.167. The second kappa shape index (κ2) is 13.8. The molecule has 1 atom stereocenters. The van der Waals surface area contributed by atoms with Crippen LogP contribution in [0.3, 0.4) is 0 Å². The Morgan fingerprint density at radius 2 is 1.08 bits per heavy atom. The highest BCUT2D eigenvalue weighted by Gasteiger charge is 2.62. The lowest BCUT2D eigenvalue weighted by atomic mass is 9.43. The molecule has 15 rings (SSSR count). The van der Waals surface area contributed by atoms with Crippen LogP contribution in [0.2, 0.25) is 0 Å². The number of anilines is 3. The first-order valence-electron chi connectivity index (χ1n) is 25.0. The maximum absolute atomic E-state index is 2.66. The lowest BCUT2D eigenvalue weighted by Gasteiger charge is -2.61. The van der Waals surface area contributed by atoms with Gasteiger partial charge in [-0.25, -0.2) is 0 Å². The van der Waals surface area contributed by atoms with E-state index in [1.807, 2.05) is 0 Å². The maximum Gasteiger partial charge on any atom is 0.0728 e. The molecule has 7 aliphatic rings. The van der Waals surface area contributed by atoms with Crippen LogP contribution >= 0.6 is 0 Å². The summed E-state index contributed by atoms with van der Waals surface area (Å²) in [4.78, 5) is 2.66. The summed E-state index contributed by atoms with van der Waals surface area (Å²) in [5.41, 5.74) is 25.8. The molecule has 0 heterocycles. The highest BCUT2D eigenvalue weighted by Crippen LogP contribution is 2.71. The Morgan fingerprint density at radius 1 is 0.470 bits per heavy atom. The van der Waals surface area contributed by atoms with E-state index in [0.29, 0.717) is 11.8 Å². The summed E-state index contributed by atoms with van der Waals surface area (Å²) in [5.74, 6) is 3.20. The first-order valence-corrected chi connectivity index (χ1v) is 25.0. The van der Waals surface area contributed by atoms with Crippen LogP contribution in [0.1, 0.15) is 104 Å². The molecule has 0 amide bonds. The third-order valence-electron chi connectivity index (χ3n) is 17.7. The Bertz CT molecular complexity index is 3280. The molecule has 8 aromatic carbocycles. The van der Waals surface area contributed by atoms with Gasteiger partial charge in [-0.3, -0.25) is 0 Å². The zero-order valence-corrected chi connectivity index (χ0v) is 38.7. The normalized spacial score (nSPS) is 24.2. The molecule has 2 spiro atoms. The van der Waals surface area contributed by atoms with E-state index in [2.05, 4.69) is 209 Å². The third-order valence-corrected chi connectivity index (χ3v) is 17.7. The van der Waals surface area contributed by atoms with Crippen molar-refractivity contribution in [2.75, 3.05) is 4.90 Å². The van der Waals surface area contributed by atoms with E-state index in [-0.39, 0.29) is 10.8 Å². The molecule has 4 bridgehead atoms. The van der Waals surface area contributed by atoms with Gasteiger partial charge in [0.1, 0.15) is 0 Å². The summed E-state index contributed by atoms with van der Waals surface area (Å²) >= 11 is 0. The molecule has 4 saturated carbocycles. The van der Waals surface area contributed by atoms with Gasteiger partial charge in [0.15, 0.2) is 0 Å². The summed E-state index contributed by atoms with van der Waals surface area (Å²) in [6.45, 7) is 9.49. The fourth-order valence-electron chi connectivity index (χ4n) is 15.6. The molecular weight excluding hydrogens is 795 g/mol. The van der Waals surface area contributed by atoms with Gasteiger partial charge in [-0.1, -0.05) is 179 Å². The van der Waals surface area contributed by atoms with Crippen LogP contribution < -0.4 is 4.90 Å². The number of para-hydroxylation sites is 1. The standard InChI is InChI=1S/C65H57N/c1-5-40-29-31-49-50-22-15-26-57(63(2,3)4)62(50)65(58(49)38-40)53-23-12-9-20-48(53)52-39-46(30-32-55(52)65)66(59-27-14-11-19-47(59)43-17-7-6-8-18-43)60-28-16-25-56-61(60)51-21-10-13-24-54(51)64(56)44-34-41-33-42(36-44)37-45(64)35-41/h6-32,38-39,41-42,44-45H,5,33-37H2,1-4H3. The Kier molecular flexibility index (Phi) is 8.11. The molecule has 322 valence electrons. The zero-order chi connectivity index (χ0) is 44.1. The smallest absolute Gasteiger partial charge is 0.0728 e. The number of rotatable bonds is 5. The van der Waals surface area contributed by atoms with Gasteiger partial charge in [0, 0.05) is 22.2 Å². The monoisotopic (exact) mass is 851 g/mol. The summed E-state index contributed by atoms with van der Waals surface area (Å²) in [6, 6.07) is 68.7. The molecule has 66 heavy (non-hydrogen) atoms. The first-order chi connectivity index (χ1) is 32.3. The molecule has 7 aliphatic carbocycles. The summed E-state index contributed by atoms with van der Waals surface area (Å²) < 4.78 is 0. The van der Waals surface area contributed by atoms with Crippen molar-refractivity contribution >= 4 is 17.1 Å².